The van der Waals surface area contributed by atoms with Crippen molar-refractivity contribution in [2.24, 2.45) is 5.92 Å². The lowest BCUT2D eigenvalue weighted by Gasteiger charge is -2.27. The van der Waals surface area contributed by atoms with Crippen molar-refractivity contribution in [1.29, 1.82) is 5.26 Å². The number of hydrogen-bond acceptors (Lipinski definition) is 6. The Hall–Kier alpha value is -2.50. The molecule has 0 spiro atoms. The van der Waals surface area contributed by atoms with E-state index in [1.807, 2.05) is 18.4 Å². The van der Waals surface area contributed by atoms with Gasteiger partial charge < -0.3 is 10.1 Å². The number of nitriles is 1. The van der Waals surface area contributed by atoms with Gasteiger partial charge in [0, 0.05) is 11.6 Å². The molecule has 9 heteroatoms. The fourth-order valence-electron chi connectivity index (χ4n) is 2.28. The standard InChI is InChI=1S/C20H24ClN5O2S/c1-5-10-26-17(11-28-16-8-6-15(21)7-9-16)24-25-19(26)29-12-18(27)23-20(4,13-22)14(2)3/h5-9,14H,1,10-12H2,2-4H3,(H,23,27). The molecule has 0 aliphatic carbocycles. The highest BCUT2D eigenvalue weighted by atomic mass is 35.5. The molecule has 2 aromatic rings. The van der Waals surface area contributed by atoms with Crippen LogP contribution >= 0.6 is 23.4 Å². The lowest BCUT2D eigenvalue weighted by molar-refractivity contribution is -0.120. The number of ether oxygens (including phenoxy) is 1. The number of carbonyl (C=O) groups is 1. The Labute approximate surface area is 180 Å². The molecule has 1 aromatic heterocycles. The fraction of sp³-hybridized carbons (Fsp3) is 0.400. The predicted octanol–water partition coefficient (Wildman–Crippen LogP) is 3.84. The highest BCUT2D eigenvalue weighted by molar-refractivity contribution is 7.99. The molecule has 1 unspecified atom stereocenters. The molecule has 1 heterocycles. The summed E-state index contributed by atoms with van der Waals surface area (Å²) in [6, 6.07) is 9.21. The van der Waals surface area contributed by atoms with Crippen molar-refractivity contribution in [1.82, 2.24) is 20.1 Å². The predicted molar refractivity (Wildman–Crippen MR) is 114 cm³/mol. The molecule has 1 amide bonds. The summed E-state index contributed by atoms with van der Waals surface area (Å²) in [5.41, 5.74) is -0.913. The maximum atomic E-state index is 12.3. The van der Waals surface area contributed by atoms with E-state index >= 15 is 0 Å². The van der Waals surface area contributed by atoms with Crippen LogP contribution in [0.15, 0.2) is 42.1 Å². The molecule has 0 saturated heterocycles. The number of halogens is 1. The zero-order valence-corrected chi connectivity index (χ0v) is 18.3. The van der Waals surface area contributed by atoms with Gasteiger partial charge in [0.2, 0.25) is 5.91 Å². The Morgan fingerprint density at radius 2 is 2.14 bits per heavy atom. The SMILES string of the molecule is C=CCn1c(COc2ccc(Cl)cc2)nnc1SCC(=O)NC(C)(C#N)C(C)C. The van der Waals surface area contributed by atoms with Crippen molar-refractivity contribution in [2.75, 3.05) is 5.75 Å². The molecule has 0 saturated carbocycles. The van der Waals surface area contributed by atoms with Gasteiger partial charge in [0.15, 0.2) is 11.0 Å². The van der Waals surface area contributed by atoms with E-state index in [1.54, 1.807) is 37.3 Å². The third-order valence-corrected chi connectivity index (χ3v) is 5.62. The molecule has 0 radical (unpaired) electrons. The van der Waals surface area contributed by atoms with Crippen LogP contribution in [0.3, 0.4) is 0 Å². The minimum absolute atomic E-state index is 0.0116. The number of allylic oxidation sites excluding steroid dienone is 1. The maximum Gasteiger partial charge on any atom is 0.231 e. The summed E-state index contributed by atoms with van der Waals surface area (Å²) in [6.45, 7) is 9.97. The lowest BCUT2D eigenvalue weighted by atomic mass is 9.90. The van der Waals surface area contributed by atoms with E-state index < -0.39 is 5.54 Å². The molecule has 7 nitrogen and oxygen atoms in total. The molecule has 2 rings (SSSR count). The quantitative estimate of drug-likeness (QED) is 0.452. The Morgan fingerprint density at radius 1 is 1.45 bits per heavy atom. The number of amides is 1. The van der Waals surface area contributed by atoms with Gasteiger partial charge in [-0.2, -0.15) is 5.26 Å². The minimum atomic E-state index is -0.913. The number of thioether (sulfide) groups is 1. The summed E-state index contributed by atoms with van der Waals surface area (Å²) >= 11 is 7.13. The van der Waals surface area contributed by atoms with E-state index in [-0.39, 0.29) is 24.2 Å². The highest BCUT2D eigenvalue weighted by Gasteiger charge is 2.30. The van der Waals surface area contributed by atoms with Crippen LogP contribution in [0.2, 0.25) is 5.02 Å². The molecule has 1 atom stereocenters. The third-order valence-electron chi connectivity index (χ3n) is 4.41. The van der Waals surface area contributed by atoms with Gasteiger partial charge in [0.05, 0.1) is 11.8 Å². The zero-order chi connectivity index (χ0) is 21.4. The molecule has 1 aromatic carbocycles. The Kier molecular flexibility index (Phi) is 8.11. The van der Waals surface area contributed by atoms with Gasteiger partial charge in [-0.05, 0) is 37.1 Å². The van der Waals surface area contributed by atoms with Crippen molar-refractivity contribution in [2.45, 2.75) is 44.6 Å². The number of aromatic nitrogens is 3. The number of hydrogen-bond donors (Lipinski definition) is 1. The highest BCUT2D eigenvalue weighted by Crippen LogP contribution is 2.21. The Morgan fingerprint density at radius 3 is 2.72 bits per heavy atom. The molecule has 154 valence electrons. The van der Waals surface area contributed by atoms with Gasteiger partial charge >= 0.3 is 0 Å². The first-order valence-corrected chi connectivity index (χ1v) is 10.4. The van der Waals surface area contributed by atoms with Crippen LogP contribution in [0.4, 0.5) is 0 Å². The average molecular weight is 434 g/mol. The average Bonchev–Trinajstić information content (AvgIpc) is 3.07. The van der Waals surface area contributed by atoms with Crippen molar-refractivity contribution < 1.29 is 9.53 Å². The van der Waals surface area contributed by atoms with Crippen LogP contribution in [-0.2, 0) is 17.9 Å². The van der Waals surface area contributed by atoms with Crippen LogP contribution in [0.5, 0.6) is 5.75 Å². The van der Waals surface area contributed by atoms with Crippen molar-refractivity contribution >= 4 is 29.3 Å². The van der Waals surface area contributed by atoms with Gasteiger partial charge in [-0.1, -0.05) is 43.3 Å². The van der Waals surface area contributed by atoms with Gasteiger partial charge in [0.25, 0.3) is 0 Å². The normalized spacial score (nSPS) is 12.8. The second-order valence-electron chi connectivity index (χ2n) is 6.85. The summed E-state index contributed by atoms with van der Waals surface area (Å²) in [5.74, 6) is 1.16. The third kappa shape index (κ3) is 6.24. The summed E-state index contributed by atoms with van der Waals surface area (Å²) in [5, 5.41) is 21.7. The van der Waals surface area contributed by atoms with Gasteiger partial charge in [0.1, 0.15) is 17.9 Å². The smallest absolute Gasteiger partial charge is 0.231 e. The van der Waals surface area contributed by atoms with Gasteiger partial charge in [-0.25, -0.2) is 0 Å². The molecule has 0 aliphatic rings. The first-order chi connectivity index (χ1) is 13.8. The van der Waals surface area contributed by atoms with E-state index in [4.69, 9.17) is 16.3 Å². The minimum Gasteiger partial charge on any atom is -0.486 e. The first-order valence-electron chi connectivity index (χ1n) is 9.05. The largest absolute Gasteiger partial charge is 0.486 e. The van der Waals surface area contributed by atoms with Crippen molar-refractivity contribution in [3.63, 3.8) is 0 Å². The summed E-state index contributed by atoms with van der Waals surface area (Å²) < 4.78 is 7.58. The van der Waals surface area contributed by atoms with E-state index in [2.05, 4.69) is 28.2 Å². The van der Waals surface area contributed by atoms with E-state index in [1.165, 1.54) is 11.8 Å². The van der Waals surface area contributed by atoms with Crippen molar-refractivity contribution in [3.8, 4) is 11.8 Å². The van der Waals surface area contributed by atoms with Gasteiger partial charge in [-0.15, -0.1) is 16.8 Å². The van der Waals surface area contributed by atoms with Crippen LogP contribution < -0.4 is 10.1 Å². The molecular weight excluding hydrogens is 410 g/mol. The zero-order valence-electron chi connectivity index (χ0n) is 16.7. The van der Waals surface area contributed by atoms with Crippen LogP contribution in [0, 0.1) is 17.2 Å². The van der Waals surface area contributed by atoms with Crippen LogP contribution in [0.1, 0.15) is 26.6 Å². The Balaban J connectivity index is 2.02. The Bertz CT molecular complexity index is 891. The number of benzene rings is 1. The van der Waals surface area contributed by atoms with Crippen LogP contribution in [-0.4, -0.2) is 32.0 Å². The number of carbonyl (C=O) groups excluding carboxylic acids is 1. The summed E-state index contributed by atoms with van der Waals surface area (Å²) in [6.07, 6.45) is 1.73. The van der Waals surface area contributed by atoms with E-state index in [0.717, 1.165) is 0 Å². The maximum absolute atomic E-state index is 12.3. The molecule has 0 bridgehead atoms. The number of nitrogens with zero attached hydrogens (tertiary/aromatic N) is 4. The number of nitrogens with one attached hydrogen (secondary N) is 1. The number of rotatable bonds is 10. The van der Waals surface area contributed by atoms with E-state index in [9.17, 15) is 10.1 Å². The molecule has 0 aliphatic heterocycles. The second kappa shape index (κ2) is 10.3. The summed E-state index contributed by atoms with van der Waals surface area (Å²) in [7, 11) is 0. The fourth-order valence-corrected chi connectivity index (χ4v) is 3.17. The van der Waals surface area contributed by atoms with E-state index in [0.29, 0.717) is 28.3 Å². The summed E-state index contributed by atoms with van der Waals surface area (Å²) in [4.78, 5) is 12.3. The first kappa shape index (κ1) is 22.8. The van der Waals surface area contributed by atoms with Crippen molar-refractivity contribution in [3.05, 3.63) is 47.8 Å². The monoisotopic (exact) mass is 433 g/mol. The lowest BCUT2D eigenvalue weighted by Crippen LogP contribution is -2.49. The topological polar surface area (TPSA) is 92.8 Å². The molecule has 1 N–H and O–H groups in total. The molecular formula is C20H24ClN5O2S. The van der Waals surface area contributed by atoms with Gasteiger partial charge in [-0.3, -0.25) is 9.36 Å². The molecule has 29 heavy (non-hydrogen) atoms. The van der Waals surface area contributed by atoms with Crippen LogP contribution in [0.25, 0.3) is 0 Å². The molecule has 0 fully saturated rings. The second-order valence-corrected chi connectivity index (χ2v) is 8.23.